The van der Waals surface area contributed by atoms with Crippen molar-refractivity contribution in [3.63, 3.8) is 0 Å². The summed E-state index contributed by atoms with van der Waals surface area (Å²) in [6.07, 6.45) is 0.912. The van der Waals surface area contributed by atoms with E-state index in [0.29, 0.717) is 0 Å². The van der Waals surface area contributed by atoms with Crippen molar-refractivity contribution >= 4 is 40.6 Å². The van der Waals surface area contributed by atoms with Gasteiger partial charge in [-0.1, -0.05) is 29.3 Å². The summed E-state index contributed by atoms with van der Waals surface area (Å²) in [5, 5.41) is 0.430. The van der Waals surface area contributed by atoms with Gasteiger partial charge in [-0.25, -0.2) is 14.9 Å². The largest absolute Gasteiger partial charge is 0.377 e. The Morgan fingerprint density at radius 2 is 1.83 bits per heavy atom. The van der Waals surface area contributed by atoms with Crippen molar-refractivity contribution in [2.24, 2.45) is 0 Å². The van der Waals surface area contributed by atoms with Crippen molar-refractivity contribution in [3.8, 4) is 5.75 Å². The Labute approximate surface area is 117 Å². The van der Waals surface area contributed by atoms with Crippen molar-refractivity contribution in [3.05, 3.63) is 45.5 Å². The number of para-hydroxylation sites is 1. The standard InChI is InChI=1S/C10H5Cl3FN3O/c11-5-2-1-3-6(12)8(5)18-17-9-7(14)4-15-10(13)16-9/h1-4H,(H,15,16,17). The number of benzene rings is 1. The Balaban J connectivity index is 2.19. The number of anilines is 1. The third kappa shape index (κ3) is 2.93. The third-order valence-corrected chi connectivity index (χ3v) is 2.66. The Hall–Kier alpha value is -1.30. The fourth-order valence-corrected chi connectivity index (χ4v) is 1.70. The van der Waals surface area contributed by atoms with Gasteiger partial charge >= 0.3 is 0 Å². The van der Waals surface area contributed by atoms with Crippen LogP contribution in [-0.4, -0.2) is 9.97 Å². The van der Waals surface area contributed by atoms with Gasteiger partial charge in [0, 0.05) is 0 Å². The normalized spacial score (nSPS) is 10.2. The molecule has 0 saturated heterocycles. The number of halogens is 4. The number of rotatable bonds is 3. The lowest BCUT2D eigenvalue weighted by Crippen LogP contribution is -2.09. The van der Waals surface area contributed by atoms with Crippen molar-refractivity contribution in [2.45, 2.75) is 0 Å². The van der Waals surface area contributed by atoms with Crippen LogP contribution in [0.4, 0.5) is 10.2 Å². The molecule has 0 aliphatic rings. The molecule has 0 amide bonds. The van der Waals surface area contributed by atoms with Crippen molar-refractivity contribution in [1.29, 1.82) is 0 Å². The second-order valence-corrected chi connectivity index (χ2v) is 4.24. The van der Waals surface area contributed by atoms with Crippen LogP contribution in [-0.2, 0) is 0 Å². The molecule has 0 bridgehead atoms. The van der Waals surface area contributed by atoms with Crippen LogP contribution in [0.1, 0.15) is 0 Å². The maximum absolute atomic E-state index is 13.3. The number of aromatic nitrogens is 2. The van der Waals surface area contributed by atoms with Crippen LogP contribution >= 0.6 is 34.8 Å². The molecule has 0 radical (unpaired) electrons. The zero-order valence-corrected chi connectivity index (χ0v) is 10.9. The number of nitrogens with one attached hydrogen (secondary N) is 1. The molecule has 18 heavy (non-hydrogen) atoms. The van der Waals surface area contributed by atoms with Gasteiger partial charge in [0.15, 0.2) is 11.6 Å². The minimum absolute atomic E-state index is 0.118. The first-order chi connectivity index (χ1) is 8.58. The van der Waals surface area contributed by atoms with Crippen LogP contribution < -0.4 is 10.3 Å². The zero-order chi connectivity index (χ0) is 13.1. The van der Waals surface area contributed by atoms with Gasteiger partial charge in [-0.3, -0.25) is 0 Å². The van der Waals surface area contributed by atoms with Crippen LogP contribution in [0.5, 0.6) is 5.75 Å². The predicted molar refractivity (Wildman–Crippen MR) is 67.7 cm³/mol. The summed E-state index contributed by atoms with van der Waals surface area (Å²) >= 11 is 17.3. The van der Waals surface area contributed by atoms with E-state index in [2.05, 4.69) is 15.4 Å². The molecule has 2 aromatic rings. The quantitative estimate of drug-likeness (QED) is 0.688. The summed E-state index contributed by atoms with van der Waals surface area (Å²) in [6.45, 7) is 0. The van der Waals surface area contributed by atoms with E-state index in [9.17, 15) is 4.39 Å². The van der Waals surface area contributed by atoms with E-state index in [1.54, 1.807) is 18.2 Å². The molecule has 2 rings (SSSR count). The highest BCUT2D eigenvalue weighted by Gasteiger charge is 2.10. The summed E-state index contributed by atoms with van der Waals surface area (Å²) in [7, 11) is 0. The number of nitrogens with zero attached hydrogens (tertiary/aromatic N) is 2. The summed E-state index contributed by atoms with van der Waals surface area (Å²) in [5.74, 6) is -0.775. The maximum atomic E-state index is 13.3. The molecule has 4 nitrogen and oxygen atoms in total. The monoisotopic (exact) mass is 307 g/mol. The zero-order valence-electron chi connectivity index (χ0n) is 8.62. The van der Waals surface area contributed by atoms with Crippen LogP contribution in [0.15, 0.2) is 24.4 Å². The van der Waals surface area contributed by atoms with Crippen molar-refractivity contribution in [2.75, 3.05) is 5.48 Å². The second-order valence-electron chi connectivity index (χ2n) is 3.09. The maximum Gasteiger partial charge on any atom is 0.224 e. The highest BCUT2D eigenvalue weighted by molar-refractivity contribution is 6.37. The number of hydrogen-bond donors (Lipinski definition) is 1. The third-order valence-electron chi connectivity index (χ3n) is 1.88. The van der Waals surface area contributed by atoms with Gasteiger partial charge in [-0.05, 0) is 23.7 Å². The van der Waals surface area contributed by atoms with Crippen molar-refractivity contribution < 1.29 is 9.23 Å². The average Bonchev–Trinajstić information content (AvgIpc) is 2.33. The van der Waals surface area contributed by atoms with Gasteiger partial charge in [0.1, 0.15) is 0 Å². The first kappa shape index (κ1) is 13.1. The predicted octanol–water partition coefficient (Wildman–Crippen LogP) is 3.98. The highest BCUT2D eigenvalue weighted by atomic mass is 35.5. The van der Waals surface area contributed by atoms with Gasteiger partial charge in [-0.2, -0.15) is 4.98 Å². The Bertz CT molecular complexity index is 562. The Kier molecular flexibility index (Phi) is 4.06. The molecule has 0 unspecified atom stereocenters. The van der Waals surface area contributed by atoms with Crippen molar-refractivity contribution in [1.82, 2.24) is 9.97 Å². The molecule has 1 N–H and O–H groups in total. The first-order valence-corrected chi connectivity index (χ1v) is 5.76. The molecule has 0 fully saturated rings. The van der Waals surface area contributed by atoms with Gasteiger partial charge < -0.3 is 4.84 Å². The molecule has 0 saturated carbocycles. The molecule has 0 spiro atoms. The van der Waals surface area contributed by atoms with Gasteiger partial charge in [0.2, 0.25) is 11.1 Å². The molecule has 0 aliphatic carbocycles. The molecular weight excluding hydrogens is 303 g/mol. The summed E-state index contributed by atoms with van der Waals surface area (Å²) in [6, 6.07) is 4.81. The summed E-state index contributed by atoms with van der Waals surface area (Å²) in [4.78, 5) is 12.2. The van der Waals surface area contributed by atoms with Crippen LogP contribution in [0.2, 0.25) is 15.3 Å². The fourth-order valence-electron chi connectivity index (χ4n) is 1.10. The van der Waals surface area contributed by atoms with E-state index in [1.165, 1.54) is 0 Å². The Morgan fingerprint density at radius 3 is 2.50 bits per heavy atom. The second kappa shape index (κ2) is 5.56. The molecule has 8 heteroatoms. The molecule has 1 aromatic heterocycles. The van der Waals surface area contributed by atoms with Gasteiger partial charge in [0.25, 0.3) is 0 Å². The Morgan fingerprint density at radius 1 is 1.17 bits per heavy atom. The van der Waals surface area contributed by atoms with E-state index in [4.69, 9.17) is 39.6 Å². The molecule has 94 valence electrons. The van der Waals surface area contributed by atoms with Crippen LogP contribution in [0.25, 0.3) is 0 Å². The lowest BCUT2D eigenvalue weighted by molar-refractivity contribution is 0.397. The molecule has 1 aromatic carbocycles. The van der Waals surface area contributed by atoms with Gasteiger partial charge in [0.05, 0.1) is 16.2 Å². The average molecular weight is 309 g/mol. The minimum Gasteiger partial charge on any atom is -0.377 e. The highest BCUT2D eigenvalue weighted by Crippen LogP contribution is 2.32. The molecule has 0 atom stereocenters. The fraction of sp³-hybridized carbons (Fsp3) is 0. The molecule has 1 heterocycles. The van der Waals surface area contributed by atoms with Gasteiger partial charge in [-0.15, -0.1) is 0 Å². The van der Waals surface area contributed by atoms with Crippen LogP contribution in [0.3, 0.4) is 0 Å². The van der Waals surface area contributed by atoms with E-state index in [0.717, 1.165) is 6.20 Å². The first-order valence-electron chi connectivity index (χ1n) is 4.63. The summed E-state index contributed by atoms with van der Waals surface area (Å²) < 4.78 is 13.3. The molecular formula is C10H5Cl3FN3O. The summed E-state index contributed by atoms with van der Waals surface area (Å²) in [5.41, 5.74) is 2.27. The molecule has 0 aliphatic heterocycles. The van der Waals surface area contributed by atoms with Crippen LogP contribution in [0, 0.1) is 5.82 Å². The minimum atomic E-state index is -0.720. The lowest BCUT2D eigenvalue weighted by Gasteiger charge is -2.10. The number of hydrogen-bond acceptors (Lipinski definition) is 4. The van der Waals surface area contributed by atoms with E-state index in [-0.39, 0.29) is 26.9 Å². The van der Waals surface area contributed by atoms with E-state index in [1.807, 2.05) is 0 Å². The lowest BCUT2D eigenvalue weighted by atomic mass is 10.3. The SMILES string of the molecule is Fc1cnc(Cl)nc1NOc1c(Cl)cccc1Cl. The van der Waals surface area contributed by atoms with E-state index >= 15 is 0 Å². The smallest absolute Gasteiger partial charge is 0.224 e. The van der Waals surface area contributed by atoms with E-state index < -0.39 is 5.82 Å². The topological polar surface area (TPSA) is 47.0 Å².